The van der Waals surface area contributed by atoms with Crippen LogP contribution >= 0.6 is 0 Å². The Morgan fingerprint density at radius 3 is 2.84 bits per heavy atom. The number of nitrogens with one attached hydrogen (secondary N) is 1. The first-order valence-electron chi connectivity index (χ1n) is 7.87. The van der Waals surface area contributed by atoms with Crippen LogP contribution in [-0.2, 0) is 0 Å². The Kier molecular flexibility index (Phi) is 3.81. The zero-order valence-electron chi connectivity index (χ0n) is 13.2. The molecule has 0 radical (unpaired) electrons. The van der Waals surface area contributed by atoms with E-state index in [0.29, 0.717) is 29.8 Å². The lowest BCUT2D eigenvalue weighted by Gasteiger charge is -2.26. The minimum atomic E-state index is -0.400. The van der Waals surface area contributed by atoms with E-state index in [-0.39, 0.29) is 11.8 Å². The Labute approximate surface area is 143 Å². The number of nitro groups is 1. The van der Waals surface area contributed by atoms with Crippen molar-refractivity contribution in [1.82, 2.24) is 4.98 Å². The van der Waals surface area contributed by atoms with Gasteiger partial charge in [-0.05, 0) is 30.3 Å². The van der Waals surface area contributed by atoms with Gasteiger partial charge in [0.05, 0.1) is 22.5 Å². The number of aromatic nitrogens is 1. The van der Waals surface area contributed by atoms with Gasteiger partial charge in [0, 0.05) is 12.3 Å². The molecular weight excluding hydrogens is 322 g/mol. The van der Waals surface area contributed by atoms with Gasteiger partial charge >= 0.3 is 0 Å². The second-order valence-corrected chi connectivity index (χ2v) is 5.67. The van der Waals surface area contributed by atoms with Crippen molar-refractivity contribution >= 4 is 22.3 Å². The standard InChI is InChI=1S/C18H15N3O4/c22-21(23)15-8-7-14(18-13(15)4-3-9-19-18)20-10-12-11-24-16-5-1-2-6-17(16)25-12/h1-9,12,20H,10-11H2/t12-/m1/s1. The number of hydrogen-bond donors (Lipinski definition) is 1. The molecule has 25 heavy (non-hydrogen) atoms. The molecule has 0 spiro atoms. The first-order valence-corrected chi connectivity index (χ1v) is 7.87. The molecule has 1 N–H and O–H groups in total. The zero-order chi connectivity index (χ0) is 17.2. The number of benzene rings is 2. The number of anilines is 1. The molecule has 0 unspecified atom stereocenters. The van der Waals surface area contributed by atoms with Gasteiger partial charge in [0.15, 0.2) is 11.5 Å². The lowest BCUT2D eigenvalue weighted by molar-refractivity contribution is -0.383. The van der Waals surface area contributed by atoms with Crippen molar-refractivity contribution in [2.45, 2.75) is 6.10 Å². The summed E-state index contributed by atoms with van der Waals surface area (Å²) in [6, 6.07) is 14.1. The topological polar surface area (TPSA) is 86.5 Å². The van der Waals surface area contributed by atoms with Crippen LogP contribution in [0.25, 0.3) is 10.9 Å². The van der Waals surface area contributed by atoms with E-state index < -0.39 is 4.92 Å². The van der Waals surface area contributed by atoms with Crippen molar-refractivity contribution in [1.29, 1.82) is 0 Å². The van der Waals surface area contributed by atoms with E-state index in [0.717, 1.165) is 11.4 Å². The third-order valence-corrected chi connectivity index (χ3v) is 4.03. The Bertz CT molecular complexity index is 945. The van der Waals surface area contributed by atoms with Gasteiger partial charge in [-0.25, -0.2) is 0 Å². The normalized spacial score (nSPS) is 15.8. The van der Waals surface area contributed by atoms with Gasteiger partial charge < -0.3 is 14.8 Å². The molecule has 0 saturated carbocycles. The summed E-state index contributed by atoms with van der Waals surface area (Å²) < 4.78 is 11.6. The molecule has 0 fully saturated rings. The predicted molar refractivity (Wildman–Crippen MR) is 93.2 cm³/mol. The molecule has 0 amide bonds. The number of para-hydroxylation sites is 2. The third-order valence-electron chi connectivity index (χ3n) is 4.03. The highest BCUT2D eigenvalue weighted by Crippen LogP contribution is 2.32. The summed E-state index contributed by atoms with van der Waals surface area (Å²) in [5.74, 6) is 1.45. The molecular formula is C18H15N3O4. The maximum atomic E-state index is 11.2. The van der Waals surface area contributed by atoms with E-state index >= 15 is 0 Å². The maximum Gasteiger partial charge on any atom is 0.278 e. The summed E-state index contributed by atoms with van der Waals surface area (Å²) in [5.41, 5.74) is 1.33. The van der Waals surface area contributed by atoms with Crippen LogP contribution in [-0.4, -0.2) is 29.2 Å². The van der Waals surface area contributed by atoms with Crippen LogP contribution in [0.3, 0.4) is 0 Å². The number of fused-ring (bicyclic) bond motifs is 2. The second kappa shape index (κ2) is 6.27. The summed E-state index contributed by atoms with van der Waals surface area (Å²) in [6.07, 6.45) is 1.46. The number of ether oxygens (including phenoxy) is 2. The molecule has 0 aliphatic carbocycles. The molecule has 2 aromatic carbocycles. The molecule has 1 atom stereocenters. The Morgan fingerprint density at radius 2 is 2.00 bits per heavy atom. The summed E-state index contributed by atoms with van der Waals surface area (Å²) in [7, 11) is 0. The fourth-order valence-corrected chi connectivity index (χ4v) is 2.85. The fraction of sp³-hybridized carbons (Fsp3) is 0.167. The minimum Gasteiger partial charge on any atom is -0.486 e. The van der Waals surface area contributed by atoms with Crippen molar-refractivity contribution < 1.29 is 14.4 Å². The maximum absolute atomic E-state index is 11.2. The third kappa shape index (κ3) is 2.91. The highest BCUT2D eigenvalue weighted by Gasteiger charge is 2.21. The molecule has 1 aliphatic heterocycles. The zero-order valence-corrected chi connectivity index (χ0v) is 13.2. The first kappa shape index (κ1) is 15.2. The summed E-state index contributed by atoms with van der Waals surface area (Å²) in [4.78, 5) is 15.1. The molecule has 1 aromatic heterocycles. The number of pyridine rings is 1. The van der Waals surface area contributed by atoms with E-state index in [9.17, 15) is 10.1 Å². The van der Waals surface area contributed by atoms with Gasteiger partial charge in [-0.3, -0.25) is 15.1 Å². The molecule has 0 saturated heterocycles. The largest absolute Gasteiger partial charge is 0.486 e. The summed E-state index contributed by atoms with van der Waals surface area (Å²) in [5, 5.41) is 14.9. The van der Waals surface area contributed by atoms with E-state index in [1.807, 2.05) is 24.3 Å². The van der Waals surface area contributed by atoms with Crippen LogP contribution < -0.4 is 14.8 Å². The predicted octanol–water partition coefficient (Wildman–Crippen LogP) is 3.39. The number of non-ortho nitro benzene ring substituents is 1. The molecule has 1 aliphatic rings. The lowest BCUT2D eigenvalue weighted by Crippen LogP contribution is -2.35. The van der Waals surface area contributed by atoms with Crippen molar-refractivity contribution in [3.05, 3.63) is 64.8 Å². The van der Waals surface area contributed by atoms with Gasteiger partial charge in [-0.15, -0.1) is 0 Å². The molecule has 7 heteroatoms. The number of nitrogens with zero attached hydrogens (tertiary/aromatic N) is 2. The van der Waals surface area contributed by atoms with Crippen LogP contribution in [0.15, 0.2) is 54.7 Å². The van der Waals surface area contributed by atoms with Gasteiger partial charge in [0.25, 0.3) is 5.69 Å². The van der Waals surface area contributed by atoms with Gasteiger partial charge in [0.1, 0.15) is 18.2 Å². The Morgan fingerprint density at radius 1 is 1.16 bits per heavy atom. The Balaban J connectivity index is 1.54. The van der Waals surface area contributed by atoms with Gasteiger partial charge in [-0.2, -0.15) is 0 Å². The minimum absolute atomic E-state index is 0.0415. The van der Waals surface area contributed by atoms with E-state index in [1.165, 1.54) is 6.07 Å². The highest BCUT2D eigenvalue weighted by molar-refractivity contribution is 5.96. The van der Waals surface area contributed by atoms with Crippen LogP contribution in [0.2, 0.25) is 0 Å². The second-order valence-electron chi connectivity index (χ2n) is 5.67. The van der Waals surface area contributed by atoms with E-state index in [4.69, 9.17) is 9.47 Å². The van der Waals surface area contributed by atoms with Crippen LogP contribution in [0.5, 0.6) is 11.5 Å². The molecule has 126 valence electrons. The van der Waals surface area contributed by atoms with Gasteiger partial charge in [-0.1, -0.05) is 12.1 Å². The fourth-order valence-electron chi connectivity index (χ4n) is 2.85. The smallest absolute Gasteiger partial charge is 0.278 e. The first-order chi connectivity index (χ1) is 12.2. The summed E-state index contributed by atoms with van der Waals surface area (Å²) in [6.45, 7) is 0.931. The molecule has 0 bridgehead atoms. The molecule has 4 rings (SSSR count). The van der Waals surface area contributed by atoms with Gasteiger partial charge in [0.2, 0.25) is 0 Å². The van der Waals surface area contributed by atoms with Crippen molar-refractivity contribution in [3.63, 3.8) is 0 Å². The van der Waals surface area contributed by atoms with Crippen LogP contribution in [0.4, 0.5) is 11.4 Å². The number of rotatable bonds is 4. The molecule has 2 heterocycles. The average molecular weight is 337 g/mol. The van der Waals surface area contributed by atoms with Crippen LogP contribution in [0.1, 0.15) is 0 Å². The van der Waals surface area contributed by atoms with E-state index in [2.05, 4.69) is 10.3 Å². The summed E-state index contributed by atoms with van der Waals surface area (Å²) >= 11 is 0. The average Bonchev–Trinajstić information content (AvgIpc) is 2.65. The van der Waals surface area contributed by atoms with Crippen molar-refractivity contribution in [2.75, 3.05) is 18.5 Å². The van der Waals surface area contributed by atoms with Crippen molar-refractivity contribution in [2.24, 2.45) is 0 Å². The van der Waals surface area contributed by atoms with E-state index in [1.54, 1.807) is 24.4 Å². The van der Waals surface area contributed by atoms with Crippen molar-refractivity contribution in [3.8, 4) is 11.5 Å². The monoisotopic (exact) mass is 337 g/mol. The lowest BCUT2D eigenvalue weighted by atomic mass is 10.1. The highest BCUT2D eigenvalue weighted by atomic mass is 16.6. The Hall–Kier alpha value is -3.35. The number of hydrogen-bond acceptors (Lipinski definition) is 6. The molecule has 7 nitrogen and oxygen atoms in total. The SMILES string of the molecule is O=[N+]([O-])c1ccc(NC[C@@H]2COc3ccccc3O2)c2ncccc12. The molecule has 3 aromatic rings. The quantitative estimate of drug-likeness (QED) is 0.580. The van der Waals surface area contributed by atoms with Crippen LogP contribution in [0, 0.1) is 10.1 Å². The number of nitro benzene ring substituents is 1.